The van der Waals surface area contributed by atoms with Crippen LogP contribution in [0.1, 0.15) is 12.6 Å². The number of alkyl halides is 1. The number of benzene rings is 1. The van der Waals surface area contributed by atoms with Crippen LogP contribution in [0.15, 0.2) is 47.6 Å². The van der Waals surface area contributed by atoms with Crippen LogP contribution in [0.5, 0.6) is 0 Å². The summed E-state index contributed by atoms with van der Waals surface area (Å²) in [7, 11) is 0. The summed E-state index contributed by atoms with van der Waals surface area (Å²) in [6.07, 6.45) is 4.24. The van der Waals surface area contributed by atoms with E-state index in [0.717, 1.165) is 28.2 Å². The average Bonchev–Trinajstić information content (AvgIpc) is 3.08. The molecule has 130 valence electrons. The maximum Gasteiger partial charge on any atom is 0.254 e. The fraction of sp³-hybridized carbons (Fsp3) is 0.278. The predicted octanol–water partition coefficient (Wildman–Crippen LogP) is 4.28. The molecule has 0 unspecified atom stereocenters. The summed E-state index contributed by atoms with van der Waals surface area (Å²) in [5, 5.41) is 7.77. The molecule has 0 saturated heterocycles. The zero-order chi connectivity index (χ0) is 17.8. The number of aromatic nitrogens is 4. The number of halogens is 1. The Morgan fingerprint density at radius 3 is 2.72 bits per heavy atom. The van der Waals surface area contributed by atoms with Crippen molar-refractivity contribution >= 4 is 35.0 Å². The van der Waals surface area contributed by atoms with Gasteiger partial charge in [0.1, 0.15) is 12.1 Å². The van der Waals surface area contributed by atoms with Gasteiger partial charge in [0.05, 0.1) is 5.69 Å². The van der Waals surface area contributed by atoms with Gasteiger partial charge >= 0.3 is 0 Å². The van der Waals surface area contributed by atoms with Gasteiger partial charge in [-0.3, -0.25) is 0 Å². The molecular formula is C18H20ClN5S. The minimum atomic E-state index is 0.493. The molecule has 0 saturated carbocycles. The fourth-order valence-electron chi connectivity index (χ4n) is 2.62. The maximum atomic E-state index is 6.03. The Labute approximate surface area is 156 Å². The van der Waals surface area contributed by atoms with Crippen LogP contribution >= 0.6 is 23.4 Å². The number of thioether (sulfide) groups is 1. The number of hydrogen-bond donors (Lipinski definition) is 1. The average molecular weight is 374 g/mol. The normalized spacial score (nSPS) is 11.0. The van der Waals surface area contributed by atoms with Crippen molar-refractivity contribution in [3.05, 3.63) is 48.4 Å². The monoisotopic (exact) mass is 373 g/mol. The van der Waals surface area contributed by atoms with Crippen LogP contribution in [0.4, 0.5) is 5.82 Å². The van der Waals surface area contributed by atoms with Gasteiger partial charge in [-0.2, -0.15) is 14.6 Å². The minimum absolute atomic E-state index is 0.493. The first kappa shape index (κ1) is 17.8. The van der Waals surface area contributed by atoms with Gasteiger partial charge in [-0.15, -0.1) is 23.4 Å². The molecule has 0 radical (unpaired) electrons. The van der Waals surface area contributed by atoms with Crippen molar-refractivity contribution in [3.63, 3.8) is 0 Å². The largest absolute Gasteiger partial charge is 0.366 e. The predicted molar refractivity (Wildman–Crippen MR) is 106 cm³/mol. The minimum Gasteiger partial charge on any atom is -0.366 e. The van der Waals surface area contributed by atoms with E-state index in [1.54, 1.807) is 16.3 Å². The summed E-state index contributed by atoms with van der Waals surface area (Å²) >= 11 is 7.75. The summed E-state index contributed by atoms with van der Waals surface area (Å²) in [6.45, 7) is 6.61. The molecule has 2 heterocycles. The van der Waals surface area contributed by atoms with Gasteiger partial charge in [-0.1, -0.05) is 24.3 Å². The van der Waals surface area contributed by atoms with Gasteiger partial charge < -0.3 is 5.32 Å². The molecule has 7 heteroatoms. The van der Waals surface area contributed by atoms with Crippen molar-refractivity contribution < 1.29 is 0 Å². The molecule has 3 rings (SSSR count). The number of aryl methyl sites for hydroxylation is 1. The van der Waals surface area contributed by atoms with Crippen LogP contribution in [-0.4, -0.2) is 38.3 Å². The molecule has 0 aliphatic heterocycles. The SMILES string of the molecule is C=C(C)CNc1c(-c2ccc(SC)cc2)c(CCCl)nc2ncnn12. The van der Waals surface area contributed by atoms with Crippen molar-refractivity contribution in [2.45, 2.75) is 18.2 Å². The molecule has 5 nitrogen and oxygen atoms in total. The summed E-state index contributed by atoms with van der Waals surface area (Å²) < 4.78 is 1.73. The summed E-state index contributed by atoms with van der Waals surface area (Å²) in [5.74, 6) is 1.92. The van der Waals surface area contributed by atoms with Gasteiger partial charge in [0.25, 0.3) is 5.78 Å². The zero-order valence-corrected chi connectivity index (χ0v) is 15.9. The van der Waals surface area contributed by atoms with Crippen LogP contribution in [0.3, 0.4) is 0 Å². The van der Waals surface area contributed by atoms with Crippen LogP contribution in [0, 0.1) is 0 Å². The Morgan fingerprint density at radius 1 is 1.32 bits per heavy atom. The third-order valence-corrected chi connectivity index (χ3v) is 4.70. The van der Waals surface area contributed by atoms with Crippen molar-refractivity contribution in [2.75, 3.05) is 24.0 Å². The maximum absolute atomic E-state index is 6.03. The standard InChI is InChI=1S/C18H20ClN5S/c1-12(2)10-20-17-16(13-4-6-14(25-3)7-5-13)15(8-9-19)23-18-21-11-22-24(17)18/h4-7,11,20H,1,8-10H2,2-3H3. The van der Waals surface area contributed by atoms with E-state index in [-0.39, 0.29) is 0 Å². The second-order valence-corrected chi connectivity index (χ2v) is 6.99. The van der Waals surface area contributed by atoms with E-state index < -0.39 is 0 Å². The van der Waals surface area contributed by atoms with E-state index in [0.29, 0.717) is 24.6 Å². The Kier molecular flexibility index (Phi) is 5.60. The lowest BCUT2D eigenvalue weighted by atomic mass is 10.0. The van der Waals surface area contributed by atoms with Crippen molar-refractivity contribution in [1.82, 2.24) is 19.6 Å². The van der Waals surface area contributed by atoms with Crippen LogP contribution < -0.4 is 5.32 Å². The molecule has 3 aromatic rings. The van der Waals surface area contributed by atoms with Crippen molar-refractivity contribution in [1.29, 1.82) is 0 Å². The molecule has 0 amide bonds. The number of anilines is 1. The lowest BCUT2D eigenvalue weighted by molar-refractivity contribution is 0.912. The molecule has 1 aromatic carbocycles. The fourth-order valence-corrected chi connectivity index (χ4v) is 3.21. The number of fused-ring (bicyclic) bond motifs is 1. The molecular weight excluding hydrogens is 354 g/mol. The molecule has 0 spiro atoms. The zero-order valence-electron chi connectivity index (χ0n) is 14.3. The first-order valence-corrected chi connectivity index (χ1v) is 9.71. The first-order chi connectivity index (χ1) is 12.1. The topological polar surface area (TPSA) is 55.1 Å². The highest BCUT2D eigenvalue weighted by Crippen LogP contribution is 2.33. The van der Waals surface area contributed by atoms with E-state index >= 15 is 0 Å². The lowest BCUT2D eigenvalue weighted by Crippen LogP contribution is -2.12. The van der Waals surface area contributed by atoms with E-state index in [1.165, 1.54) is 11.2 Å². The van der Waals surface area contributed by atoms with Crippen LogP contribution in [-0.2, 0) is 6.42 Å². The summed E-state index contributed by atoms with van der Waals surface area (Å²) in [5.41, 5.74) is 4.03. The third-order valence-electron chi connectivity index (χ3n) is 3.77. The first-order valence-electron chi connectivity index (χ1n) is 7.95. The summed E-state index contributed by atoms with van der Waals surface area (Å²) in [6, 6.07) is 8.43. The van der Waals surface area contributed by atoms with Crippen LogP contribution in [0.25, 0.3) is 16.9 Å². The van der Waals surface area contributed by atoms with Crippen LogP contribution in [0.2, 0.25) is 0 Å². The Hall–Kier alpha value is -2.05. The third kappa shape index (κ3) is 3.80. The van der Waals surface area contributed by atoms with E-state index in [9.17, 15) is 0 Å². The number of rotatable bonds is 7. The van der Waals surface area contributed by atoms with E-state index in [1.807, 2.05) is 6.92 Å². The highest BCUT2D eigenvalue weighted by atomic mass is 35.5. The number of hydrogen-bond acceptors (Lipinski definition) is 5. The van der Waals surface area contributed by atoms with Gasteiger partial charge in [0.2, 0.25) is 0 Å². The van der Waals surface area contributed by atoms with Gasteiger partial charge in [-0.25, -0.2) is 4.98 Å². The molecule has 0 aliphatic carbocycles. The Balaban J connectivity index is 2.21. The Bertz CT molecular complexity index is 888. The second-order valence-electron chi connectivity index (χ2n) is 5.73. The second kappa shape index (κ2) is 7.89. The molecule has 0 bridgehead atoms. The van der Waals surface area contributed by atoms with Gasteiger partial charge in [0.15, 0.2) is 0 Å². The van der Waals surface area contributed by atoms with Gasteiger partial charge in [0, 0.05) is 29.3 Å². The Morgan fingerprint density at radius 2 is 2.08 bits per heavy atom. The lowest BCUT2D eigenvalue weighted by Gasteiger charge is -2.17. The molecule has 2 aromatic heterocycles. The van der Waals surface area contributed by atoms with Crippen molar-refractivity contribution in [3.8, 4) is 11.1 Å². The molecule has 0 atom stereocenters. The highest BCUT2D eigenvalue weighted by Gasteiger charge is 2.18. The van der Waals surface area contributed by atoms with Crippen molar-refractivity contribution in [2.24, 2.45) is 0 Å². The highest BCUT2D eigenvalue weighted by molar-refractivity contribution is 7.98. The molecule has 1 N–H and O–H groups in total. The smallest absolute Gasteiger partial charge is 0.254 e. The summed E-state index contributed by atoms with van der Waals surface area (Å²) in [4.78, 5) is 10.1. The number of nitrogens with one attached hydrogen (secondary N) is 1. The van der Waals surface area contributed by atoms with E-state index in [2.05, 4.69) is 57.5 Å². The number of nitrogens with zero attached hydrogens (tertiary/aromatic N) is 4. The molecule has 0 aliphatic rings. The van der Waals surface area contributed by atoms with Gasteiger partial charge in [-0.05, 0) is 30.9 Å². The molecule has 25 heavy (non-hydrogen) atoms. The quantitative estimate of drug-likeness (QED) is 0.380. The molecule has 0 fully saturated rings. The van der Waals surface area contributed by atoms with E-state index in [4.69, 9.17) is 11.6 Å².